The van der Waals surface area contributed by atoms with Gasteiger partial charge in [0, 0.05) is 67.5 Å². The second-order valence-corrected chi connectivity index (χ2v) is 18.3. The molecule has 354 valence electrons. The monoisotopic (exact) mass is 954 g/mol. The van der Waals surface area contributed by atoms with Gasteiger partial charge in [0.25, 0.3) is 0 Å². The number of halogens is 2. The highest BCUT2D eigenvalue weighted by atomic mass is 35.5. The summed E-state index contributed by atoms with van der Waals surface area (Å²) in [6.45, 7) is 5.85. The summed E-state index contributed by atoms with van der Waals surface area (Å²) >= 11 is 12.4. The first kappa shape index (κ1) is 49.9. The van der Waals surface area contributed by atoms with Crippen molar-refractivity contribution in [3.63, 3.8) is 0 Å². The van der Waals surface area contributed by atoms with Crippen molar-refractivity contribution < 1.29 is 38.3 Å². The minimum absolute atomic E-state index is 0.0732. The molecular weight excluding hydrogens is 899 g/mol. The number of piperazine rings is 2. The van der Waals surface area contributed by atoms with Crippen LogP contribution in [0.25, 0.3) is 0 Å². The molecule has 4 aromatic rings. The fraction of sp³-hybridized carbons (Fsp3) is 0.367. The van der Waals surface area contributed by atoms with Crippen LogP contribution in [0.2, 0.25) is 10.0 Å². The Morgan fingerprint density at radius 2 is 1.19 bits per heavy atom. The number of anilines is 2. The van der Waals surface area contributed by atoms with Crippen LogP contribution in [0.3, 0.4) is 0 Å². The van der Waals surface area contributed by atoms with E-state index < -0.39 is 53.3 Å². The lowest BCUT2D eigenvalue weighted by atomic mass is 10.0. The number of benzene rings is 4. The number of carbonyl (C=O) groups excluding carboxylic acids is 7. The molecular formula is C49H56Cl2N8O8. The molecule has 3 N–H and O–H groups in total. The number of rotatable bonds is 16. The molecule has 2 atom stereocenters. The maximum Gasteiger partial charge on any atom is 0.410 e. The zero-order chi connectivity index (χ0) is 48.3. The molecule has 2 heterocycles. The fourth-order valence-corrected chi connectivity index (χ4v) is 7.83. The van der Waals surface area contributed by atoms with E-state index in [0.717, 1.165) is 11.1 Å². The van der Waals surface area contributed by atoms with Crippen molar-refractivity contribution in [2.75, 3.05) is 69.2 Å². The summed E-state index contributed by atoms with van der Waals surface area (Å²) in [7, 11) is 1.59. The standard InChI is InChI=1S/C49H56Cl2N8O8/c1-49(2,3)67-48(66)58-25-24-57(45(63)32-58)31-43(61)53-40(46(64)55(4)38-18-14-36(50)15-19-38)27-34-10-12-35(13-11-34)29-59(39-20-16-37(51)17-21-39)47(65)41(26-33-8-6-5-7-9-33)54-42(60)30-56-23-22-52-28-44(56)62/h5-21,40-41,52H,22-32H2,1-4H3,(H,53,61)(H,54,60)/t40-,41-/m0/s1. The smallest absolute Gasteiger partial charge is 0.410 e. The molecule has 0 bridgehead atoms. The number of hydrogen-bond acceptors (Lipinski definition) is 9. The SMILES string of the molecule is CN(C(=O)[C@H](Cc1ccc(CN(C(=O)[C@H](Cc2ccccc2)NC(=O)CN2CCNCC2=O)c2ccc(Cl)cc2)cc1)NC(=O)CN1CCN(C(=O)OC(C)(C)C)CC1=O)c1ccc(Cl)cc1. The minimum atomic E-state index is -1.07. The molecule has 0 spiro atoms. The number of amides is 7. The van der Waals surface area contributed by atoms with Crippen molar-refractivity contribution in [1.29, 1.82) is 0 Å². The van der Waals surface area contributed by atoms with Crippen LogP contribution in [-0.4, -0.2) is 133 Å². The Morgan fingerprint density at radius 1 is 0.672 bits per heavy atom. The third-order valence-electron chi connectivity index (χ3n) is 11.1. The molecule has 0 aromatic heterocycles. The minimum Gasteiger partial charge on any atom is -0.444 e. The zero-order valence-corrected chi connectivity index (χ0v) is 39.5. The van der Waals surface area contributed by atoms with Gasteiger partial charge in [-0.3, -0.25) is 33.7 Å². The molecule has 4 aromatic carbocycles. The molecule has 0 radical (unpaired) electrons. The van der Waals surface area contributed by atoms with E-state index in [9.17, 15) is 33.6 Å². The zero-order valence-electron chi connectivity index (χ0n) is 38.0. The first-order valence-electron chi connectivity index (χ1n) is 22.0. The van der Waals surface area contributed by atoms with Crippen LogP contribution in [0.15, 0.2) is 103 Å². The molecule has 16 nitrogen and oxygen atoms in total. The summed E-state index contributed by atoms with van der Waals surface area (Å²) in [4.78, 5) is 101. The molecule has 2 aliphatic heterocycles. The number of nitrogens with one attached hydrogen (secondary N) is 3. The normalized spacial score (nSPS) is 15.0. The van der Waals surface area contributed by atoms with E-state index in [0.29, 0.717) is 40.1 Å². The number of likely N-dealkylation sites (N-methyl/N-ethyl adjacent to an activating group) is 1. The van der Waals surface area contributed by atoms with Gasteiger partial charge >= 0.3 is 6.09 Å². The molecule has 18 heteroatoms. The Bertz CT molecular complexity index is 2400. The van der Waals surface area contributed by atoms with Gasteiger partial charge in [0.15, 0.2) is 0 Å². The van der Waals surface area contributed by atoms with Gasteiger partial charge in [-0.25, -0.2) is 4.79 Å². The Morgan fingerprint density at radius 3 is 1.75 bits per heavy atom. The second-order valence-electron chi connectivity index (χ2n) is 17.4. The number of nitrogens with zero attached hydrogens (tertiary/aromatic N) is 5. The lowest BCUT2D eigenvalue weighted by molar-refractivity contribution is -0.140. The molecule has 0 aliphatic carbocycles. The largest absolute Gasteiger partial charge is 0.444 e. The highest BCUT2D eigenvalue weighted by molar-refractivity contribution is 6.31. The van der Waals surface area contributed by atoms with Crippen LogP contribution in [0.5, 0.6) is 0 Å². The van der Waals surface area contributed by atoms with Crippen molar-refractivity contribution in [1.82, 2.24) is 30.7 Å². The van der Waals surface area contributed by atoms with Gasteiger partial charge in [0.05, 0.1) is 26.2 Å². The quantitative estimate of drug-likeness (QED) is 0.146. The van der Waals surface area contributed by atoms with Gasteiger partial charge in [-0.15, -0.1) is 0 Å². The average molecular weight is 956 g/mol. The first-order valence-corrected chi connectivity index (χ1v) is 22.7. The van der Waals surface area contributed by atoms with Crippen LogP contribution in [0, 0.1) is 0 Å². The van der Waals surface area contributed by atoms with Crippen LogP contribution >= 0.6 is 23.2 Å². The third kappa shape index (κ3) is 14.5. The van der Waals surface area contributed by atoms with Crippen LogP contribution in [0.4, 0.5) is 16.2 Å². The average Bonchev–Trinajstić information content (AvgIpc) is 3.29. The third-order valence-corrected chi connectivity index (χ3v) is 11.6. The van der Waals surface area contributed by atoms with Crippen molar-refractivity contribution in [3.05, 3.63) is 130 Å². The maximum absolute atomic E-state index is 14.7. The molecule has 2 saturated heterocycles. The van der Waals surface area contributed by atoms with E-state index in [1.54, 1.807) is 81.2 Å². The summed E-state index contributed by atoms with van der Waals surface area (Å²) < 4.78 is 5.41. The van der Waals surface area contributed by atoms with Gasteiger partial charge < -0.3 is 40.3 Å². The van der Waals surface area contributed by atoms with E-state index in [2.05, 4.69) is 16.0 Å². The molecule has 0 unspecified atom stereocenters. The van der Waals surface area contributed by atoms with Crippen LogP contribution < -0.4 is 25.8 Å². The number of hydrogen-bond donors (Lipinski definition) is 3. The topological polar surface area (TPSA) is 181 Å². The first-order chi connectivity index (χ1) is 31.9. The van der Waals surface area contributed by atoms with E-state index in [4.69, 9.17) is 27.9 Å². The van der Waals surface area contributed by atoms with Crippen molar-refractivity contribution in [2.45, 2.75) is 57.8 Å². The van der Waals surface area contributed by atoms with E-state index >= 15 is 0 Å². The Labute approximate surface area is 400 Å². The van der Waals surface area contributed by atoms with Crippen molar-refractivity contribution in [3.8, 4) is 0 Å². The van der Waals surface area contributed by atoms with Gasteiger partial charge in [0.1, 0.15) is 24.2 Å². The summed E-state index contributed by atoms with van der Waals surface area (Å²) in [6, 6.07) is 28.0. The van der Waals surface area contributed by atoms with Crippen molar-refractivity contribution >= 4 is 76.1 Å². The number of carbonyl (C=O) groups is 7. The van der Waals surface area contributed by atoms with Gasteiger partial charge in [-0.05, 0) is 86.0 Å². The van der Waals surface area contributed by atoms with Crippen LogP contribution in [-0.2, 0) is 52.9 Å². The molecule has 2 fully saturated rings. The molecule has 0 saturated carbocycles. The second kappa shape index (κ2) is 22.8. The summed E-state index contributed by atoms with van der Waals surface area (Å²) in [5.74, 6) is -2.47. The van der Waals surface area contributed by atoms with Crippen molar-refractivity contribution in [2.24, 2.45) is 0 Å². The molecule has 7 amide bonds. The molecule has 67 heavy (non-hydrogen) atoms. The lowest BCUT2D eigenvalue weighted by Crippen LogP contribution is -2.56. The fourth-order valence-electron chi connectivity index (χ4n) is 7.58. The Balaban J connectivity index is 1.20. The summed E-state index contributed by atoms with van der Waals surface area (Å²) in [5, 5.41) is 9.71. The Kier molecular flexibility index (Phi) is 17.0. The molecule has 6 rings (SSSR count). The van der Waals surface area contributed by atoms with E-state index in [-0.39, 0.29) is 64.6 Å². The Hall–Kier alpha value is -6.49. The van der Waals surface area contributed by atoms with Gasteiger partial charge in [-0.1, -0.05) is 77.8 Å². The van der Waals surface area contributed by atoms with E-state index in [1.165, 1.54) is 19.6 Å². The maximum atomic E-state index is 14.7. The number of ether oxygens (including phenoxy) is 1. The summed E-state index contributed by atoms with van der Waals surface area (Å²) in [6.07, 6.45) is -0.358. The predicted octanol–water partition coefficient (Wildman–Crippen LogP) is 4.46. The highest BCUT2D eigenvalue weighted by Crippen LogP contribution is 2.24. The lowest BCUT2D eigenvalue weighted by Gasteiger charge is -2.35. The van der Waals surface area contributed by atoms with Crippen LogP contribution in [0.1, 0.15) is 37.5 Å². The summed E-state index contributed by atoms with van der Waals surface area (Å²) in [5.41, 5.74) is 2.57. The van der Waals surface area contributed by atoms with Gasteiger partial charge in [-0.2, -0.15) is 0 Å². The van der Waals surface area contributed by atoms with E-state index in [1.807, 2.05) is 54.6 Å². The highest BCUT2D eigenvalue weighted by Gasteiger charge is 2.33. The predicted molar refractivity (Wildman–Crippen MR) is 255 cm³/mol. The molecule has 2 aliphatic rings. The van der Waals surface area contributed by atoms with Gasteiger partial charge in [0.2, 0.25) is 35.4 Å².